The van der Waals surface area contributed by atoms with Crippen molar-refractivity contribution in [3.8, 4) is 5.75 Å². The van der Waals surface area contributed by atoms with Crippen LogP contribution in [0.5, 0.6) is 5.75 Å². The number of fused-ring (bicyclic) bond motifs is 1. The largest absolute Gasteiger partial charge is 0.489 e. The van der Waals surface area contributed by atoms with Crippen LogP contribution < -0.4 is 15.6 Å². The van der Waals surface area contributed by atoms with Gasteiger partial charge in [0.05, 0.1) is 5.56 Å². The van der Waals surface area contributed by atoms with Crippen molar-refractivity contribution in [2.75, 3.05) is 25.5 Å². The molecule has 0 radical (unpaired) electrons. The number of hydrogen-bond acceptors (Lipinski definition) is 6. The van der Waals surface area contributed by atoms with Crippen LogP contribution >= 0.6 is 0 Å². The van der Waals surface area contributed by atoms with Crippen molar-refractivity contribution in [2.24, 2.45) is 5.11 Å². The van der Waals surface area contributed by atoms with E-state index in [0.29, 0.717) is 10.9 Å². The third-order valence-corrected chi connectivity index (χ3v) is 5.08. The van der Waals surface area contributed by atoms with Crippen molar-refractivity contribution in [3.05, 3.63) is 76.5 Å². The molecule has 0 saturated carbocycles. The maximum absolute atomic E-state index is 13.5. The maximum Gasteiger partial charge on any atom is 0.258 e. The van der Waals surface area contributed by atoms with Gasteiger partial charge in [0.1, 0.15) is 23.4 Å². The second-order valence-corrected chi connectivity index (χ2v) is 7.34. The lowest BCUT2D eigenvalue weighted by Crippen LogP contribution is -2.21. The lowest BCUT2D eigenvalue weighted by atomic mass is 10.1. The predicted octanol–water partition coefficient (Wildman–Crippen LogP) is 4.19. The van der Waals surface area contributed by atoms with Crippen LogP contribution in [0.1, 0.15) is 12.0 Å². The zero-order chi connectivity index (χ0) is 21.1. The molecule has 30 heavy (non-hydrogen) atoms. The first-order valence-corrected chi connectivity index (χ1v) is 9.64. The van der Waals surface area contributed by atoms with Gasteiger partial charge in [-0.15, -0.1) is 0 Å². The smallest absolute Gasteiger partial charge is 0.258 e. The van der Waals surface area contributed by atoms with Gasteiger partial charge in [-0.25, -0.2) is 9.92 Å². The Morgan fingerprint density at radius 3 is 2.80 bits per heavy atom. The van der Waals surface area contributed by atoms with Gasteiger partial charge in [0.2, 0.25) is 0 Å². The molecular weight excluding hydrogens is 385 g/mol. The highest BCUT2D eigenvalue weighted by molar-refractivity contribution is 5.82. The Hall–Kier alpha value is -3.52. The lowest BCUT2D eigenvalue weighted by molar-refractivity contribution is 0.208. The number of nitrogens with one attached hydrogen (secondary N) is 3. The monoisotopic (exact) mass is 407 g/mol. The molecule has 1 atom stereocenters. The van der Waals surface area contributed by atoms with Gasteiger partial charge in [-0.1, -0.05) is 0 Å². The Kier molecular flexibility index (Phi) is 5.58. The summed E-state index contributed by atoms with van der Waals surface area (Å²) in [5, 5.41) is 7.03. The highest BCUT2D eigenvalue weighted by Gasteiger charge is 2.20. The second kappa shape index (κ2) is 8.46. The quantitative estimate of drug-likeness (QED) is 0.534. The summed E-state index contributed by atoms with van der Waals surface area (Å²) in [5.74, 6) is 0.391. The molecule has 3 N–H and O–H groups in total. The molecule has 0 bridgehead atoms. The number of aromatic amines is 1. The molecule has 4 rings (SSSR count). The Bertz CT molecular complexity index is 1160. The van der Waals surface area contributed by atoms with Crippen LogP contribution in [0.4, 0.5) is 10.1 Å². The van der Waals surface area contributed by atoms with Crippen LogP contribution in [0.3, 0.4) is 0 Å². The third-order valence-electron chi connectivity index (χ3n) is 5.08. The lowest BCUT2D eigenvalue weighted by Gasteiger charge is -2.14. The molecule has 0 spiro atoms. The summed E-state index contributed by atoms with van der Waals surface area (Å²) in [7, 11) is 2.08. The Balaban J connectivity index is 1.51. The number of hydrogen-bond donors (Lipinski definition) is 3. The van der Waals surface area contributed by atoms with E-state index in [-0.39, 0.29) is 17.4 Å². The zero-order valence-electron chi connectivity index (χ0n) is 16.5. The number of aromatic nitrogens is 1. The van der Waals surface area contributed by atoms with Gasteiger partial charge in [-0.05, 0) is 62.0 Å². The molecule has 0 unspecified atom stereocenters. The number of ether oxygens (including phenoxy) is 1. The van der Waals surface area contributed by atoms with E-state index in [2.05, 4.69) is 27.4 Å². The SMILES string of the molecule is CN1CC[C@H](Oc2ccc(N/C=C(\N=N)c3cc4cc(F)ccc4[nH]c3=O)cc2)C1. The molecule has 8 heteroatoms. The molecule has 1 aromatic heterocycles. The van der Waals surface area contributed by atoms with E-state index >= 15 is 0 Å². The number of likely N-dealkylation sites (N-methyl/N-ethyl adjacent to an activating group) is 1. The van der Waals surface area contributed by atoms with Crippen molar-refractivity contribution in [3.63, 3.8) is 0 Å². The summed E-state index contributed by atoms with van der Waals surface area (Å²) in [4.78, 5) is 17.3. The summed E-state index contributed by atoms with van der Waals surface area (Å²) in [5.41, 5.74) is 8.65. The van der Waals surface area contributed by atoms with E-state index in [1.165, 1.54) is 30.5 Å². The summed E-state index contributed by atoms with van der Waals surface area (Å²) >= 11 is 0. The second-order valence-electron chi connectivity index (χ2n) is 7.34. The van der Waals surface area contributed by atoms with Gasteiger partial charge < -0.3 is 19.9 Å². The fraction of sp³-hybridized carbons (Fsp3) is 0.227. The summed E-state index contributed by atoms with van der Waals surface area (Å²) in [6.45, 7) is 1.95. The number of nitrogens with zero attached hydrogens (tertiary/aromatic N) is 2. The van der Waals surface area contributed by atoms with Crippen molar-refractivity contribution < 1.29 is 9.13 Å². The van der Waals surface area contributed by atoms with E-state index < -0.39 is 11.4 Å². The molecule has 1 fully saturated rings. The molecule has 7 nitrogen and oxygen atoms in total. The van der Waals surface area contributed by atoms with Crippen LogP contribution in [-0.2, 0) is 0 Å². The fourth-order valence-corrected chi connectivity index (χ4v) is 3.50. The summed E-state index contributed by atoms with van der Waals surface area (Å²) in [6, 6.07) is 13.1. The Labute approximate surface area is 172 Å². The van der Waals surface area contributed by atoms with Gasteiger partial charge in [-0.3, -0.25) is 4.79 Å². The average Bonchev–Trinajstić information content (AvgIpc) is 3.14. The normalized spacial score (nSPS) is 17.3. The average molecular weight is 407 g/mol. The maximum atomic E-state index is 13.5. The molecule has 1 aliphatic rings. The van der Waals surface area contributed by atoms with Gasteiger partial charge in [0.15, 0.2) is 0 Å². The van der Waals surface area contributed by atoms with E-state index in [1.54, 1.807) is 0 Å². The first kappa shape index (κ1) is 19.8. The number of likely N-dealkylation sites (tertiary alicyclic amines) is 1. The standard InChI is InChI=1S/C22H22FN5O2/c1-28-9-8-18(13-28)30-17-5-3-16(4-6-17)25-12-21(27-24)19-11-14-10-15(23)2-7-20(14)26-22(19)29/h2-7,10-12,18,24-25H,8-9,13H2,1H3,(H,26,29)/b21-12-,27-24?/t18-/m0/s1. The molecular formula is C22H22FN5O2. The van der Waals surface area contributed by atoms with Crippen molar-refractivity contribution in [1.29, 1.82) is 5.53 Å². The van der Waals surface area contributed by atoms with Crippen molar-refractivity contribution >= 4 is 22.3 Å². The summed E-state index contributed by atoms with van der Waals surface area (Å²) < 4.78 is 19.5. The topological polar surface area (TPSA) is 93.6 Å². The van der Waals surface area contributed by atoms with Crippen molar-refractivity contribution in [1.82, 2.24) is 9.88 Å². The molecule has 0 amide bonds. The summed E-state index contributed by atoms with van der Waals surface area (Å²) in [6.07, 6.45) is 2.69. The zero-order valence-corrected chi connectivity index (χ0v) is 16.5. The van der Waals surface area contributed by atoms with Crippen LogP contribution in [0.25, 0.3) is 16.6 Å². The van der Waals surface area contributed by atoms with E-state index in [4.69, 9.17) is 10.3 Å². The van der Waals surface area contributed by atoms with E-state index in [9.17, 15) is 9.18 Å². The predicted molar refractivity (Wildman–Crippen MR) is 114 cm³/mol. The van der Waals surface area contributed by atoms with Crippen LogP contribution in [0.2, 0.25) is 0 Å². The molecule has 0 aliphatic carbocycles. The molecule has 1 saturated heterocycles. The number of pyridine rings is 1. The van der Waals surface area contributed by atoms with Crippen molar-refractivity contribution in [2.45, 2.75) is 12.5 Å². The minimum absolute atomic E-state index is 0.136. The Morgan fingerprint density at radius 2 is 2.10 bits per heavy atom. The molecule has 2 heterocycles. The van der Waals surface area contributed by atoms with E-state index in [1.807, 2.05) is 24.3 Å². The first-order chi connectivity index (χ1) is 14.5. The number of rotatable bonds is 6. The molecule has 2 aromatic carbocycles. The minimum atomic E-state index is -0.404. The van der Waals surface area contributed by atoms with Crippen LogP contribution in [0, 0.1) is 11.3 Å². The number of benzene rings is 2. The van der Waals surface area contributed by atoms with Gasteiger partial charge in [0.25, 0.3) is 5.56 Å². The van der Waals surface area contributed by atoms with Gasteiger partial charge in [-0.2, -0.15) is 5.11 Å². The van der Waals surface area contributed by atoms with Gasteiger partial charge >= 0.3 is 0 Å². The third kappa shape index (κ3) is 4.38. The van der Waals surface area contributed by atoms with E-state index in [0.717, 1.165) is 30.9 Å². The molecule has 154 valence electrons. The fourth-order valence-electron chi connectivity index (χ4n) is 3.50. The highest BCUT2D eigenvalue weighted by atomic mass is 19.1. The molecule has 3 aromatic rings. The number of anilines is 1. The van der Waals surface area contributed by atoms with Gasteiger partial charge in [0, 0.05) is 35.9 Å². The number of halogens is 1. The molecule has 1 aliphatic heterocycles. The first-order valence-electron chi connectivity index (χ1n) is 9.64. The number of H-pyrrole nitrogens is 1. The minimum Gasteiger partial charge on any atom is -0.489 e. The highest BCUT2D eigenvalue weighted by Crippen LogP contribution is 2.22. The Morgan fingerprint density at radius 1 is 1.30 bits per heavy atom. The van der Waals surface area contributed by atoms with Crippen LogP contribution in [0.15, 0.2) is 64.6 Å². The van der Waals surface area contributed by atoms with Crippen LogP contribution in [-0.4, -0.2) is 36.1 Å².